The summed E-state index contributed by atoms with van der Waals surface area (Å²) in [5, 5.41) is 4.08. The minimum atomic E-state index is -3.75. The molecule has 124 valence electrons. The van der Waals surface area contributed by atoms with Crippen molar-refractivity contribution in [3.05, 3.63) is 65.3 Å². The van der Waals surface area contributed by atoms with Gasteiger partial charge in [0.2, 0.25) is 21.7 Å². The van der Waals surface area contributed by atoms with Gasteiger partial charge in [-0.2, -0.15) is 4.98 Å². The average molecular weight is 368 g/mol. The lowest BCUT2D eigenvalue weighted by atomic mass is 10.2. The lowest BCUT2D eigenvalue weighted by molar-refractivity contribution is 0.375. The van der Waals surface area contributed by atoms with Crippen LogP contribution in [0.3, 0.4) is 0 Å². The van der Waals surface area contributed by atoms with Gasteiger partial charge in [0, 0.05) is 5.02 Å². The largest absolute Gasteiger partial charge is 0.338 e. The minimum Gasteiger partial charge on any atom is -0.338 e. The normalized spacial score (nSPS) is 11.6. The average Bonchev–Trinajstić information content (AvgIpc) is 3.03. The summed E-state index contributed by atoms with van der Waals surface area (Å²) in [6.45, 7) is -0.216. The molecule has 0 saturated heterocycles. The highest BCUT2D eigenvalue weighted by Crippen LogP contribution is 2.19. The number of sulfonamides is 1. The van der Waals surface area contributed by atoms with E-state index in [2.05, 4.69) is 14.9 Å². The summed E-state index contributed by atoms with van der Waals surface area (Å²) in [5.41, 5.74) is 0.174. The van der Waals surface area contributed by atoms with Gasteiger partial charge in [-0.1, -0.05) is 28.9 Å². The van der Waals surface area contributed by atoms with Crippen LogP contribution < -0.4 is 4.72 Å². The van der Waals surface area contributed by atoms with Crippen molar-refractivity contribution in [1.82, 2.24) is 14.9 Å². The fourth-order valence-electron chi connectivity index (χ4n) is 1.93. The highest BCUT2D eigenvalue weighted by atomic mass is 35.5. The van der Waals surface area contributed by atoms with E-state index in [0.29, 0.717) is 5.02 Å². The van der Waals surface area contributed by atoms with E-state index in [0.717, 1.165) is 0 Å². The molecule has 0 bridgehead atoms. The van der Waals surface area contributed by atoms with Gasteiger partial charge in [0.05, 0.1) is 17.0 Å². The summed E-state index contributed by atoms with van der Waals surface area (Å²) < 4.78 is 45.2. The molecule has 24 heavy (non-hydrogen) atoms. The molecule has 9 heteroatoms. The topological polar surface area (TPSA) is 85.1 Å². The minimum absolute atomic E-state index is 0.0193. The SMILES string of the molecule is O=S(=O)(NCc1nc(-c2ccccc2F)no1)c1ccc(Cl)cc1. The van der Waals surface area contributed by atoms with Crippen LogP contribution in [0, 0.1) is 5.82 Å². The van der Waals surface area contributed by atoms with Crippen molar-refractivity contribution >= 4 is 21.6 Å². The zero-order valence-electron chi connectivity index (χ0n) is 12.1. The van der Waals surface area contributed by atoms with Crippen molar-refractivity contribution < 1.29 is 17.3 Å². The molecule has 1 heterocycles. The number of halogens is 2. The first-order valence-electron chi connectivity index (χ1n) is 6.78. The summed E-state index contributed by atoms with van der Waals surface area (Å²) in [6, 6.07) is 11.7. The highest BCUT2D eigenvalue weighted by Gasteiger charge is 2.17. The molecule has 1 aromatic heterocycles. The van der Waals surface area contributed by atoms with Gasteiger partial charge in [-0.25, -0.2) is 17.5 Å². The molecule has 2 aromatic carbocycles. The first-order valence-corrected chi connectivity index (χ1v) is 8.64. The van der Waals surface area contributed by atoms with Crippen LogP contribution in [-0.2, 0) is 16.6 Å². The highest BCUT2D eigenvalue weighted by molar-refractivity contribution is 7.89. The number of nitrogens with zero attached hydrogens (tertiary/aromatic N) is 2. The molecule has 0 spiro atoms. The molecule has 0 atom stereocenters. The Labute approximate surface area is 142 Å². The summed E-state index contributed by atoms with van der Waals surface area (Å²) in [6.07, 6.45) is 0. The third kappa shape index (κ3) is 3.61. The summed E-state index contributed by atoms with van der Waals surface area (Å²) in [5.74, 6) is -0.425. The molecule has 0 aliphatic carbocycles. The van der Waals surface area contributed by atoms with Crippen molar-refractivity contribution in [3.8, 4) is 11.4 Å². The second kappa shape index (κ2) is 6.68. The van der Waals surface area contributed by atoms with Crippen molar-refractivity contribution in [2.24, 2.45) is 0 Å². The smallest absolute Gasteiger partial charge is 0.242 e. The first kappa shape index (κ1) is 16.6. The van der Waals surface area contributed by atoms with E-state index in [9.17, 15) is 12.8 Å². The molecule has 0 aliphatic rings. The number of rotatable bonds is 5. The fourth-order valence-corrected chi connectivity index (χ4v) is 3.03. The van der Waals surface area contributed by atoms with E-state index >= 15 is 0 Å². The quantitative estimate of drug-likeness (QED) is 0.749. The van der Waals surface area contributed by atoms with Crippen molar-refractivity contribution in [3.63, 3.8) is 0 Å². The molecule has 0 aliphatic heterocycles. The molecule has 3 aromatic rings. The van der Waals surface area contributed by atoms with E-state index in [1.54, 1.807) is 12.1 Å². The molecule has 0 radical (unpaired) electrons. The Morgan fingerprint density at radius 3 is 2.54 bits per heavy atom. The maximum absolute atomic E-state index is 13.7. The van der Waals surface area contributed by atoms with Crippen LogP contribution >= 0.6 is 11.6 Å². The van der Waals surface area contributed by atoms with Gasteiger partial charge in [0.1, 0.15) is 5.82 Å². The molecule has 1 N–H and O–H groups in total. The van der Waals surface area contributed by atoms with E-state index in [1.807, 2.05) is 0 Å². The Morgan fingerprint density at radius 1 is 1.12 bits per heavy atom. The Kier molecular flexibility index (Phi) is 4.61. The van der Waals surface area contributed by atoms with Gasteiger partial charge in [-0.15, -0.1) is 0 Å². The molecule has 0 unspecified atom stereocenters. The third-order valence-electron chi connectivity index (χ3n) is 3.12. The Bertz CT molecular complexity index is 958. The maximum Gasteiger partial charge on any atom is 0.242 e. The van der Waals surface area contributed by atoms with Crippen molar-refractivity contribution in [2.75, 3.05) is 0 Å². The predicted molar refractivity (Wildman–Crippen MR) is 85.2 cm³/mol. The Morgan fingerprint density at radius 2 is 1.83 bits per heavy atom. The number of aromatic nitrogens is 2. The number of nitrogens with one attached hydrogen (secondary N) is 1. The second-order valence-corrected chi connectivity index (χ2v) is 6.97. The van der Waals surface area contributed by atoms with Crippen LogP contribution in [0.4, 0.5) is 4.39 Å². The number of hydrogen-bond acceptors (Lipinski definition) is 5. The van der Waals surface area contributed by atoms with Gasteiger partial charge in [-0.3, -0.25) is 0 Å². The van der Waals surface area contributed by atoms with E-state index < -0.39 is 15.8 Å². The number of benzene rings is 2. The fraction of sp³-hybridized carbons (Fsp3) is 0.0667. The standard InChI is InChI=1S/C15H11ClFN3O3S/c16-10-5-7-11(8-6-10)24(21,22)18-9-14-19-15(20-23-14)12-3-1-2-4-13(12)17/h1-8,18H,9H2. The van der Waals surface area contributed by atoms with Crippen LogP contribution in [0.25, 0.3) is 11.4 Å². The predicted octanol–water partition coefficient (Wildman–Crippen LogP) is 3.01. The molecule has 0 saturated carbocycles. The maximum atomic E-state index is 13.7. The molecule has 0 fully saturated rings. The summed E-state index contributed by atoms with van der Waals surface area (Å²) >= 11 is 5.73. The van der Waals surface area contributed by atoms with E-state index in [4.69, 9.17) is 16.1 Å². The third-order valence-corrected chi connectivity index (χ3v) is 4.79. The summed E-state index contributed by atoms with van der Waals surface area (Å²) in [7, 11) is -3.75. The molecule has 3 rings (SSSR count). The van der Waals surface area contributed by atoms with Gasteiger partial charge >= 0.3 is 0 Å². The molecular weight excluding hydrogens is 357 g/mol. The van der Waals surface area contributed by atoms with Crippen LogP contribution in [0.5, 0.6) is 0 Å². The first-order chi connectivity index (χ1) is 11.5. The lowest BCUT2D eigenvalue weighted by Crippen LogP contribution is -2.23. The van der Waals surface area contributed by atoms with E-state index in [1.165, 1.54) is 36.4 Å². The number of hydrogen-bond donors (Lipinski definition) is 1. The lowest BCUT2D eigenvalue weighted by Gasteiger charge is -2.04. The Hall–Kier alpha value is -2.29. The van der Waals surface area contributed by atoms with Crippen molar-refractivity contribution in [2.45, 2.75) is 11.4 Å². The van der Waals surface area contributed by atoms with Gasteiger partial charge in [0.15, 0.2) is 0 Å². The van der Waals surface area contributed by atoms with E-state index in [-0.39, 0.29) is 28.7 Å². The van der Waals surface area contributed by atoms with Crippen LogP contribution in [0.15, 0.2) is 57.9 Å². The zero-order chi connectivity index (χ0) is 17.2. The van der Waals surface area contributed by atoms with Gasteiger partial charge < -0.3 is 4.52 Å². The van der Waals surface area contributed by atoms with Gasteiger partial charge in [0.25, 0.3) is 0 Å². The van der Waals surface area contributed by atoms with Crippen LogP contribution in [-0.4, -0.2) is 18.6 Å². The molecular formula is C15H11ClFN3O3S. The monoisotopic (exact) mass is 367 g/mol. The molecule has 0 amide bonds. The van der Waals surface area contributed by atoms with Crippen LogP contribution in [0.2, 0.25) is 5.02 Å². The molecule has 6 nitrogen and oxygen atoms in total. The van der Waals surface area contributed by atoms with Gasteiger partial charge in [-0.05, 0) is 36.4 Å². The van der Waals surface area contributed by atoms with Crippen molar-refractivity contribution in [1.29, 1.82) is 0 Å². The van der Waals surface area contributed by atoms with Crippen LogP contribution in [0.1, 0.15) is 5.89 Å². The summed E-state index contributed by atoms with van der Waals surface area (Å²) in [4.78, 5) is 4.04. The second-order valence-electron chi connectivity index (χ2n) is 4.77. The zero-order valence-corrected chi connectivity index (χ0v) is 13.7. The Balaban J connectivity index is 1.74.